The number of halogens is 1. The normalized spacial score (nSPS) is 25.2. The number of rotatable bonds is 3. The highest BCUT2D eigenvalue weighted by Gasteiger charge is 2.21. The van der Waals surface area contributed by atoms with Crippen molar-refractivity contribution >= 4 is 12.4 Å². The Hall–Kier alpha value is -0.580. The van der Waals surface area contributed by atoms with Gasteiger partial charge < -0.3 is 5.32 Å². The molecule has 1 aromatic rings. The zero-order valence-electron chi connectivity index (χ0n) is 11.8. The molecule has 5 heteroatoms. The minimum absolute atomic E-state index is 0. The van der Waals surface area contributed by atoms with Gasteiger partial charge in [-0.15, -0.1) is 12.4 Å². The lowest BCUT2D eigenvalue weighted by atomic mass is 10.1. The minimum atomic E-state index is 0. The summed E-state index contributed by atoms with van der Waals surface area (Å²) in [5.41, 5.74) is 1.32. The third-order valence-corrected chi connectivity index (χ3v) is 3.22. The van der Waals surface area contributed by atoms with Crippen molar-refractivity contribution in [1.82, 2.24) is 20.0 Å². The van der Waals surface area contributed by atoms with Gasteiger partial charge in [0.25, 0.3) is 0 Å². The van der Waals surface area contributed by atoms with E-state index >= 15 is 0 Å². The highest BCUT2D eigenvalue weighted by atomic mass is 35.5. The summed E-state index contributed by atoms with van der Waals surface area (Å²) in [4.78, 5) is 2.51. The van der Waals surface area contributed by atoms with Crippen LogP contribution in [0, 0.1) is 0 Å². The van der Waals surface area contributed by atoms with Crippen LogP contribution in [-0.4, -0.2) is 39.9 Å². The van der Waals surface area contributed by atoms with Gasteiger partial charge in [0.05, 0.1) is 6.20 Å². The Balaban J connectivity index is 0.00000162. The van der Waals surface area contributed by atoms with E-state index in [1.54, 1.807) is 0 Å². The van der Waals surface area contributed by atoms with Crippen molar-refractivity contribution in [1.29, 1.82) is 0 Å². The molecule has 0 aromatic carbocycles. The van der Waals surface area contributed by atoms with E-state index < -0.39 is 0 Å². The van der Waals surface area contributed by atoms with Gasteiger partial charge in [-0.3, -0.25) is 9.58 Å². The first kappa shape index (κ1) is 15.5. The monoisotopic (exact) mass is 272 g/mol. The summed E-state index contributed by atoms with van der Waals surface area (Å²) < 4.78 is 2.03. The largest absolute Gasteiger partial charge is 0.309 e. The smallest absolute Gasteiger partial charge is 0.0534 e. The first-order chi connectivity index (χ1) is 8.04. The molecule has 0 aliphatic carbocycles. The van der Waals surface area contributed by atoms with Gasteiger partial charge in [-0.2, -0.15) is 5.10 Å². The average molecular weight is 273 g/mol. The van der Waals surface area contributed by atoms with E-state index in [4.69, 9.17) is 0 Å². The van der Waals surface area contributed by atoms with E-state index in [1.165, 1.54) is 5.56 Å². The third-order valence-electron chi connectivity index (χ3n) is 3.22. The Morgan fingerprint density at radius 3 is 2.44 bits per heavy atom. The van der Waals surface area contributed by atoms with Crippen LogP contribution in [0.4, 0.5) is 0 Å². The number of hydrogen-bond donors (Lipinski definition) is 1. The molecule has 4 nitrogen and oxygen atoms in total. The van der Waals surface area contributed by atoms with E-state index in [0.717, 1.165) is 19.6 Å². The number of piperazine rings is 1. The molecule has 18 heavy (non-hydrogen) atoms. The zero-order chi connectivity index (χ0) is 12.4. The van der Waals surface area contributed by atoms with Crippen molar-refractivity contribution < 1.29 is 0 Å². The van der Waals surface area contributed by atoms with E-state index in [9.17, 15) is 0 Å². The molecule has 0 saturated carbocycles. The van der Waals surface area contributed by atoms with E-state index in [-0.39, 0.29) is 12.4 Å². The first-order valence-electron chi connectivity index (χ1n) is 6.56. The molecule has 0 bridgehead atoms. The summed E-state index contributed by atoms with van der Waals surface area (Å²) in [6, 6.07) is 1.61. The highest BCUT2D eigenvalue weighted by Crippen LogP contribution is 2.11. The van der Waals surface area contributed by atoms with Gasteiger partial charge in [-0.1, -0.05) is 0 Å². The van der Waals surface area contributed by atoms with Gasteiger partial charge in [0.15, 0.2) is 0 Å². The molecular weight excluding hydrogens is 248 g/mol. The summed E-state index contributed by atoms with van der Waals surface area (Å²) >= 11 is 0. The van der Waals surface area contributed by atoms with Crippen molar-refractivity contribution in [2.45, 2.75) is 52.4 Å². The van der Waals surface area contributed by atoms with Crippen LogP contribution in [0.15, 0.2) is 12.4 Å². The molecule has 2 rings (SSSR count). The second kappa shape index (κ2) is 6.55. The van der Waals surface area contributed by atoms with Crippen LogP contribution >= 0.6 is 12.4 Å². The number of hydrogen-bond acceptors (Lipinski definition) is 3. The SMILES string of the molecule is CC1CN(Cc2cnn(C(C)C)c2)CC(C)N1.Cl. The maximum atomic E-state index is 4.39. The highest BCUT2D eigenvalue weighted by molar-refractivity contribution is 5.85. The lowest BCUT2D eigenvalue weighted by molar-refractivity contribution is 0.166. The Bertz CT molecular complexity index is 354. The molecule has 1 aromatic heterocycles. The third kappa shape index (κ3) is 3.97. The van der Waals surface area contributed by atoms with Crippen molar-refractivity contribution in [2.75, 3.05) is 13.1 Å². The second-order valence-corrected chi connectivity index (χ2v) is 5.59. The summed E-state index contributed by atoms with van der Waals surface area (Å²) in [6.45, 7) is 12.1. The van der Waals surface area contributed by atoms with E-state index in [1.807, 2.05) is 10.9 Å². The topological polar surface area (TPSA) is 33.1 Å². The van der Waals surface area contributed by atoms with Crippen LogP contribution < -0.4 is 5.32 Å². The van der Waals surface area contributed by atoms with Crippen LogP contribution in [-0.2, 0) is 6.54 Å². The lowest BCUT2D eigenvalue weighted by Gasteiger charge is -2.35. The number of nitrogens with one attached hydrogen (secondary N) is 1. The lowest BCUT2D eigenvalue weighted by Crippen LogP contribution is -2.53. The molecule has 0 spiro atoms. The molecular formula is C13H25ClN4. The molecule has 1 aliphatic heterocycles. The molecule has 104 valence electrons. The van der Waals surface area contributed by atoms with E-state index in [0.29, 0.717) is 18.1 Å². The zero-order valence-corrected chi connectivity index (χ0v) is 12.6. The molecule has 1 N–H and O–H groups in total. The van der Waals surface area contributed by atoms with Crippen molar-refractivity contribution in [3.05, 3.63) is 18.0 Å². The number of nitrogens with zero attached hydrogens (tertiary/aromatic N) is 3. The summed E-state index contributed by atoms with van der Waals surface area (Å²) in [5, 5.41) is 7.95. The molecule has 1 aliphatic rings. The summed E-state index contributed by atoms with van der Waals surface area (Å²) in [7, 11) is 0. The quantitative estimate of drug-likeness (QED) is 0.915. The Morgan fingerprint density at radius 1 is 1.33 bits per heavy atom. The molecule has 2 unspecified atom stereocenters. The maximum Gasteiger partial charge on any atom is 0.0534 e. The van der Waals surface area contributed by atoms with Crippen LogP contribution in [0.1, 0.15) is 39.3 Å². The van der Waals surface area contributed by atoms with Crippen LogP contribution in [0.2, 0.25) is 0 Å². The fourth-order valence-corrected chi connectivity index (χ4v) is 2.57. The fourth-order valence-electron chi connectivity index (χ4n) is 2.57. The van der Waals surface area contributed by atoms with Crippen molar-refractivity contribution in [2.24, 2.45) is 0 Å². The maximum absolute atomic E-state index is 4.39. The summed E-state index contributed by atoms with van der Waals surface area (Å²) in [5.74, 6) is 0. The van der Waals surface area contributed by atoms with Gasteiger partial charge in [0.2, 0.25) is 0 Å². The predicted octanol–water partition coefficient (Wildman–Crippen LogP) is 2.07. The molecule has 0 radical (unpaired) electrons. The van der Waals surface area contributed by atoms with Crippen LogP contribution in [0.5, 0.6) is 0 Å². The number of aromatic nitrogens is 2. The van der Waals surface area contributed by atoms with Crippen LogP contribution in [0.25, 0.3) is 0 Å². The van der Waals surface area contributed by atoms with Gasteiger partial charge in [-0.25, -0.2) is 0 Å². The first-order valence-corrected chi connectivity index (χ1v) is 6.56. The summed E-state index contributed by atoms with van der Waals surface area (Å²) in [6.07, 6.45) is 4.17. The van der Waals surface area contributed by atoms with Crippen molar-refractivity contribution in [3.63, 3.8) is 0 Å². The van der Waals surface area contributed by atoms with Gasteiger partial charge >= 0.3 is 0 Å². The molecule has 0 amide bonds. The molecule has 1 saturated heterocycles. The molecule has 2 heterocycles. The average Bonchev–Trinajstić information content (AvgIpc) is 2.64. The fraction of sp³-hybridized carbons (Fsp3) is 0.769. The Kier molecular flexibility index (Phi) is 5.63. The van der Waals surface area contributed by atoms with Gasteiger partial charge in [0.1, 0.15) is 0 Å². The molecule has 1 fully saturated rings. The van der Waals surface area contributed by atoms with Gasteiger partial charge in [-0.05, 0) is 27.7 Å². The second-order valence-electron chi connectivity index (χ2n) is 5.59. The Labute approximate surface area is 116 Å². The van der Waals surface area contributed by atoms with E-state index in [2.05, 4.69) is 49.2 Å². The standard InChI is InChI=1S/C13H24N4.ClH/c1-10(2)17-9-13(5-14-17)8-16-6-11(3)15-12(4)7-16;/h5,9-12,15H,6-8H2,1-4H3;1H. The minimum Gasteiger partial charge on any atom is -0.309 e. The van der Waals surface area contributed by atoms with Crippen molar-refractivity contribution in [3.8, 4) is 0 Å². The Morgan fingerprint density at radius 2 is 1.94 bits per heavy atom. The molecule has 2 atom stereocenters. The predicted molar refractivity (Wildman–Crippen MR) is 77.2 cm³/mol. The van der Waals surface area contributed by atoms with Gasteiger partial charge in [0, 0.05) is 49.5 Å². The van der Waals surface area contributed by atoms with Crippen LogP contribution in [0.3, 0.4) is 0 Å².